The zero-order valence-corrected chi connectivity index (χ0v) is 13.0. The van der Waals surface area contributed by atoms with Crippen LogP contribution in [0.4, 0.5) is 10.5 Å². The number of hydrogen-bond acceptors (Lipinski definition) is 3. The monoisotopic (exact) mass is 299 g/mol. The summed E-state index contributed by atoms with van der Waals surface area (Å²) in [5.41, 5.74) is 2.26. The summed E-state index contributed by atoms with van der Waals surface area (Å²) in [6, 6.07) is 8.06. The van der Waals surface area contributed by atoms with Gasteiger partial charge in [0.2, 0.25) is 0 Å². The zero-order valence-electron chi connectivity index (χ0n) is 13.0. The molecule has 0 fully saturated rings. The molecule has 2 heterocycles. The van der Waals surface area contributed by atoms with Gasteiger partial charge in [0.1, 0.15) is 12.2 Å². The number of carbonyl (C=O) groups excluding carboxylic acids is 1. The van der Waals surface area contributed by atoms with Crippen molar-refractivity contribution in [1.82, 2.24) is 20.1 Å². The molecule has 0 radical (unpaired) electrons. The second kappa shape index (κ2) is 6.17. The van der Waals surface area contributed by atoms with E-state index in [1.165, 1.54) is 5.56 Å². The minimum absolute atomic E-state index is 0.0390. The molecular formula is C16H21N5O. The molecule has 1 N–H and O–H groups in total. The second-order valence-corrected chi connectivity index (χ2v) is 5.60. The molecule has 0 bridgehead atoms. The van der Waals surface area contributed by atoms with Gasteiger partial charge in [0.05, 0.1) is 0 Å². The maximum absolute atomic E-state index is 12.4. The number of aromatic nitrogens is 3. The molecule has 0 saturated heterocycles. The Hall–Kier alpha value is -2.37. The third-order valence-electron chi connectivity index (χ3n) is 4.10. The Morgan fingerprint density at radius 1 is 1.41 bits per heavy atom. The van der Waals surface area contributed by atoms with Crippen LogP contribution >= 0.6 is 0 Å². The number of para-hydroxylation sites is 1. The summed E-state index contributed by atoms with van der Waals surface area (Å²) in [5, 5.41) is 10.9. The van der Waals surface area contributed by atoms with Gasteiger partial charge in [-0.1, -0.05) is 32.0 Å². The molecule has 2 amide bonds. The van der Waals surface area contributed by atoms with E-state index >= 15 is 0 Å². The summed E-state index contributed by atoms with van der Waals surface area (Å²) in [6.45, 7) is 6.18. The summed E-state index contributed by atoms with van der Waals surface area (Å²) in [7, 11) is 0. The van der Waals surface area contributed by atoms with E-state index in [2.05, 4.69) is 28.5 Å². The van der Waals surface area contributed by atoms with Crippen LogP contribution in [0.5, 0.6) is 0 Å². The van der Waals surface area contributed by atoms with Crippen LogP contribution in [-0.4, -0.2) is 33.9 Å². The summed E-state index contributed by atoms with van der Waals surface area (Å²) in [5.74, 6) is 1.32. The van der Waals surface area contributed by atoms with E-state index in [1.54, 1.807) is 6.33 Å². The van der Waals surface area contributed by atoms with E-state index in [4.69, 9.17) is 0 Å². The Morgan fingerprint density at radius 2 is 2.23 bits per heavy atom. The molecule has 1 atom stereocenters. The summed E-state index contributed by atoms with van der Waals surface area (Å²) >= 11 is 0. The van der Waals surface area contributed by atoms with Crippen molar-refractivity contribution in [2.45, 2.75) is 32.7 Å². The lowest BCUT2D eigenvalue weighted by molar-refractivity contribution is 0.246. The number of aryl methyl sites for hydroxylation is 1. The number of nitrogens with one attached hydrogen (secondary N) is 1. The van der Waals surface area contributed by atoms with Crippen LogP contribution in [0.3, 0.4) is 0 Å². The molecule has 22 heavy (non-hydrogen) atoms. The number of benzene rings is 1. The topological polar surface area (TPSA) is 63.1 Å². The summed E-state index contributed by atoms with van der Waals surface area (Å²) in [4.78, 5) is 14.2. The second-order valence-electron chi connectivity index (χ2n) is 5.60. The van der Waals surface area contributed by atoms with E-state index in [0.717, 1.165) is 24.5 Å². The van der Waals surface area contributed by atoms with E-state index in [9.17, 15) is 4.79 Å². The Labute approximate surface area is 130 Å². The third kappa shape index (κ3) is 2.68. The fourth-order valence-corrected chi connectivity index (χ4v) is 2.93. The lowest BCUT2D eigenvalue weighted by Gasteiger charge is -2.18. The van der Waals surface area contributed by atoms with Crippen LogP contribution in [0.2, 0.25) is 0 Å². The molecule has 0 aliphatic carbocycles. The molecule has 3 rings (SSSR count). The number of rotatable bonds is 4. The van der Waals surface area contributed by atoms with Gasteiger partial charge in [-0.2, -0.15) is 0 Å². The van der Waals surface area contributed by atoms with Crippen molar-refractivity contribution in [3.63, 3.8) is 0 Å². The Balaban J connectivity index is 1.59. The predicted octanol–water partition coefficient (Wildman–Crippen LogP) is 2.17. The molecule has 0 unspecified atom stereocenters. The fourth-order valence-electron chi connectivity index (χ4n) is 2.93. The molecule has 1 aliphatic heterocycles. The quantitative estimate of drug-likeness (QED) is 0.941. The lowest BCUT2D eigenvalue weighted by Crippen LogP contribution is -2.40. The summed E-state index contributed by atoms with van der Waals surface area (Å²) in [6.07, 6.45) is 2.54. The highest BCUT2D eigenvalue weighted by Gasteiger charge is 2.29. The van der Waals surface area contributed by atoms with Crippen LogP contribution in [0.1, 0.15) is 31.2 Å². The number of anilines is 1. The molecule has 0 saturated carbocycles. The van der Waals surface area contributed by atoms with Gasteiger partial charge in [-0.15, -0.1) is 10.2 Å². The van der Waals surface area contributed by atoms with E-state index in [1.807, 2.05) is 34.6 Å². The fraction of sp³-hybridized carbons (Fsp3) is 0.438. The molecular weight excluding hydrogens is 278 g/mol. The van der Waals surface area contributed by atoms with Gasteiger partial charge in [0, 0.05) is 37.7 Å². The van der Waals surface area contributed by atoms with Crippen molar-refractivity contribution in [2.24, 2.45) is 0 Å². The first-order valence-corrected chi connectivity index (χ1v) is 7.71. The van der Waals surface area contributed by atoms with Crippen molar-refractivity contribution < 1.29 is 4.79 Å². The van der Waals surface area contributed by atoms with Gasteiger partial charge < -0.3 is 9.88 Å². The lowest BCUT2D eigenvalue weighted by atomic mass is 10.0. The molecule has 1 aromatic heterocycles. The maximum Gasteiger partial charge on any atom is 0.321 e. The molecule has 6 nitrogen and oxygen atoms in total. The predicted molar refractivity (Wildman–Crippen MR) is 85.0 cm³/mol. The average molecular weight is 299 g/mol. The standard InChI is InChI=1S/C16H21N5O/c1-3-15-19-18-11-20(15)9-8-17-16(22)21-10-12(2)13-6-4-5-7-14(13)21/h4-7,11-12H,3,8-10H2,1-2H3,(H,17,22)/t12-/m0/s1. The van der Waals surface area contributed by atoms with Crippen LogP contribution in [0.15, 0.2) is 30.6 Å². The van der Waals surface area contributed by atoms with Crippen molar-refractivity contribution in [3.8, 4) is 0 Å². The molecule has 6 heteroatoms. The number of amides is 2. The van der Waals surface area contributed by atoms with Crippen LogP contribution in [0, 0.1) is 0 Å². The van der Waals surface area contributed by atoms with Gasteiger partial charge in [0.25, 0.3) is 0 Å². The number of fused-ring (bicyclic) bond motifs is 1. The van der Waals surface area contributed by atoms with Gasteiger partial charge in [0.15, 0.2) is 0 Å². The number of urea groups is 1. The first kappa shape index (κ1) is 14.6. The minimum atomic E-state index is -0.0390. The Bertz CT molecular complexity index is 666. The molecule has 1 aromatic carbocycles. The van der Waals surface area contributed by atoms with E-state index in [-0.39, 0.29) is 6.03 Å². The highest BCUT2D eigenvalue weighted by atomic mass is 16.2. The van der Waals surface area contributed by atoms with E-state index < -0.39 is 0 Å². The van der Waals surface area contributed by atoms with Crippen molar-refractivity contribution in [1.29, 1.82) is 0 Å². The van der Waals surface area contributed by atoms with Gasteiger partial charge in [-0.3, -0.25) is 4.90 Å². The number of nitrogens with zero attached hydrogens (tertiary/aromatic N) is 4. The molecule has 116 valence electrons. The molecule has 2 aromatic rings. The van der Waals surface area contributed by atoms with Gasteiger partial charge in [-0.05, 0) is 11.6 Å². The first-order chi connectivity index (χ1) is 10.7. The van der Waals surface area contributed by atoms with Crippen molar-refractivity contribution in [2.75, 3.05) is 18.0 Å². The van der Waals surface area contributed by atoms with Gasteiger partial charge >= 0.3 is 6.03 Å². The molecule has 1 aliphatic rings. The normalized spacial score (nSPS) is 16.6. The van der Waals surface area contributed by atoms with Crippen LogP contribution in [0.25, 0.3) is 0 Å². The first-order valence-electron chi connectivity index (χ1n) is 7.71. The third-order valence-corrected chi connectivity index (χ3v) is 4.10. The Kier molecular flexibility index (Phi) is 4.09. The number of hydrogen-bond donors (Lipinski definition) is 1. The van der Waals surface area contributed by atoms with Crippen LogP contribution in [-0.2, 0) is 13.0 Å². The zero-order chi connectivity index (χ0) is 15.5. The molecule has 0 spiro atoms. The van der Waals surface area contributed by atoms with Crippen molar-refractivity contribution >= 4 is 11.7 Å². The largest absolute Gasteiger partial charge is 0.336 e. The van der Waals surface area contributed by atoms with Gasteiger partial charge in [-0.25, -0.2) is 4.79 Å². The van der Waals surface area contributed by atoms with Crippen LogP contribution < -0.4 is 10.2 Å². The number of carbonyl (C=O) groups is 1. The van der Waals surface area contributed by atoms with Crippen molar-refractivity contribution in [3.05, 3.63) is 42.0 Å². The highest BCUT2D eigenvalue weighted by molar-refractivity contribution is 5.94. The Morgan fingerprint density at radius 3 is 3.05 bits per heavy atom. The highest BCUT2D eigenvalue weighted by Crippen LogP contribution is 2.35. The SMILES string of the molecule is CCc1nncn1CCNC(=O)N1C[C@H](C)c2ccccc21. The summed E-state index contributed by atoms with van der Waals surface area (Å²) < 4.78 is 1.97. The van der Waals surface area contributed by atoms with E-state index in [0.29, 0.717) is 19.0 Å². The maximum atomic E-state index is 12.4. The smallest absolute Gasteiger partial charge is 0.321 e. The average Bonchev–Trinajstić information content (AvgIpc) is 3.12. The minimum Gasteiger partial charge on any atom is -0.336 e.